The zero-order valence-electron chi connectivity index (χ0n) is 12.8. The van der Waals surface area contributed by atoms with Crippen LogP contribution in [0, 0.1) is 11.7 Å². The lowest BCUT2D eigenvalue weighted by Crippen LogP contribution is -2.41. The fourth-order valence-electron chi connectivity index (χ4n) is 2.66. The molecule has 0 radical (unpaired) electrons. The summed E-state index contributed by atoms with van der Waals surface area (Å²) in [6.07, 6.45) is 1.60. The monoisotopic (exact) mass is 328 g/mol. The first-order valence-electron chi connectivity index (χ1n) is 7.53. The molecule has 0 bridgehead atoms. The maximum atomic E-state index is 13.8. The molecule has 1 aliphatic heterocycles. The fourth-order valence-corrected chi connectivity index (χ4v) is 2.82. The lowest BCUT2D eigenvalue weighted by atomic mass is 9.95. The van der Waals surface area contributed by atoms with Crippen molar-refractivity contribution in [3.8, 4) is 0 Å². The van der Waals surface area contributed by atoms with E-state index in [9.17, 15) is 9.18 Å². The number of methoxy groups -OCH3 is 1. The molecule has 1 saturated heterocycles. The second-order valence-electron chi connectivity index (χ2n) is 5.57. The van der Waals surface area contributed by atoms with E-state index in [2.05, 4.69) is 10.2 Å². The molecule has 0 saturated carbocycles. The predicted octanol–water partition coefficient (Wildman–Crippen LogP) is 2.45. The van der Waals surface area contributed by atoms with Gasteiger partial charge in [-0.15, -0.1) is 0 Å². The van der Waals surface area contributed by atoms with E-state index in [1.807, 2.05) is 0 Å². The molecule has 2 rings (SSSR count). The van der Waals surface area contributed by atoms with Gasteiger partial charge in [-0.1, -0.05) is 17.7 Å². The predicted molar refractivity (Wildman–Crippen MR) is 84.3 cm³/mol. The largest absolute Gasteiger partial charge is 0.383 e. The zero-order valence-corrected chi connectivity index (χ0v) is 13.5. The van der Waals surface area contributed by atoms with Crippen LogP contribution in [0.5, 0.6) is 0 Å². The number of rotatable bonds is 6. The van der Waals surface area contributed by atoms with Gasteiger partial charge in [0, 0.05) is 36.7 Å². The number of carbonyl (C=O) groups excluding carboxylic acids is 1. The number of amides is 1. The average molecular weight is 329 g/mol. The summed E-state index contributed by atoms with van der Waals surface area (Å²) in [5.74, 6) is -0.135. The molecule has 6 heteroatoms. The number of benzene rings is 1. The first-order valence-corrected chi connectivity index (χ1v) is 7.91. The van der Waals surface area contributed by atoms with Crippen LogP contribution in [-0.4, -0.2) is 44.2 Å². The summed E-state index contributed by atoms with van der Waals surface area (Å²) >= 11 is 5.76. The molecule has 0 aliphatic carbocycles. The van der Waals surface area contributed by atoms with Crippen molar-refractivity contribution in [2.75, 3.05) is 33.4 Å². The average Bonchev–Trinajstić information content (AvgIpc) is 2.51. The molecule has 0 unspecified atom stereocenters. The summed E-state index contributed by atoms with van der Waals surface area (Å²) < 4.78 is 18.7. The summed E-state index contributed by atoms with van der Waals surface area (Å²) in [5, 5.41) is 3.29. The van der Waals surface area contributed by atoms with Gasteiger partial charge in [-0.25, -0.2) is 4.39 Å². The molecule has 0 aromatic heterocycles. The second kappa shape index (κ2) is 8.46. The number of hydrogen-bond acceptors (Lipinski definition) is 3. The van der Waals surface area contributed by atoms with Crippen molar-refractivity contribution in [2.24, 2.45) is 5.92 Å². The van der Waals surface area contributed by atoms with Gasteiger partial charge in [0.25, 0.3) is 0 Å². The molecule has 4 nitrogen and oxygen atoms in total. The van der Waals surface area contributed by atoms with Gasteiger partial charge < -0.3 is 10.1 Å². The van der Waals surface area contributed by atoms with Crippen molar-refractivity contribution in [3.05, 3.63) is 34.6 Å². The van der Waals surface area contributed by atoms with E-state index in [1.54, 1.807) is 19.2 Å². The van der Waals surface area contributed by atoms with Crippen LogP contribution in [0.3, 0.4) is 0 Å². The third-order valence-electron chi connectivity index (χ3n) is 3.97. The number of ether oxygens (including phenoxy) is 1. The quantitative estimate of drug-likeness (QED) is 0.816. The van der Waals surface area contributed by atoms with Crippen LogP contribution in [0.1, 0.15) is 18.4 Å². The molecular formula is C16H22ClFN2O2. The summed E-state index contributed by atoms with van der Waals surface area (Å²) in [4.78, 5) is 14.1. The number of halogens is 2. The Morgan fingerprint density at radius 2 is 2.18 bits per heavy atom. The Morgan fingerprint density at radius 3 is 2.82 bits per heavy atom. The van der Waals surface area contributed by atoms with Crippen LogP contribution < -0.4 is 5.32 Å². The van der Waals surface area contributed by atoms with Crippen LogP contribution in [0.25, 0.3) is 0 Å². The van der Waals surface area contributed by atoms with Crippen LogP contribution in [0.15, 0.2) is 18.2 Å². The molecule has 1 N–H and O–H groups in total. The van der Waals surface area contributed by atoms with Gasteiger partial charge in [-0.05, 0) is 38.1 Å². The van der Waals surface area contributed by atoms with Crippen LogP contribution in [-0.2, 0) is 16.1 Å². The molecule has 1 heterocycles. The number of carbonyl (C=O) groups is 1. The van der Waals surface area contributed by atoms with Gasteiger partial charge in [0.15, 0.2) is 0 Å². The molecule has 1 amide bonds. The minimum absolute atomic E-state index is 0.0446. The lowest BCUT2D eigenvalue weighted by Gasteiger charge is -2.31. The minimum atomic E-state index is -0.271. The fraction of sp³-hybridized carbons (Fsp3) is 0.562. The Hall–Kier alpha value is -1.17. The Labute approximate surface area is 135 Å². The number of likely N-dealkylation sites (tertiary alicyclic amines) is 1. The van der Waals surface area contributed by atoms with E-state index >= 15 is 0 Å². The molecule has 1 aromatic carbocycles. The zero-order chi connectivity index (χ0) is 15.9. The van der Waals surface area contributed by atoms with E-state index < -0.39 is 0 Å². The minimum Gasteiger partial charge on any atom is -0.383 e. The molecule has 0 spiro atoms. The summed E-state index contributed by atoms with van der Waals surface area (Å²) in [6.45, 7) is 3.22. The maximum absolute atomic E-state index is 13.8. The lowest BCUT2D eigenvalue weighted by molar-refractivity contribution is -0.126. The van der Waals surface area contributed by atoms with E-state index in [4.69, 9.17) is 16.3 Å². The highest BCUT2D eigenvalue weighted by molar-refractivity contribution is 6.30. The second-order valence-corrected chi connectivity index (χ2v) is 6.01. The molecule has 0 atom stereocenters. The molecule has 1 fully saturated rings. The van der Waals surface area contributed by atoms with Crippen molar-refractivity contribution >= 4 is 17.5 Å². The first-order chi connectivity index (χ1) is 10.6. The third kappa shape index (κ3) is 4.93. The highest BCUT2D eigenvalue weighted by Crippen LogP contribution is 2.21. The molecule has 22 heavy (non-hydrogen) atoms. The topological polar surface area (TPSA) is 41.6 Å². The summed E-state index contributed by atoms with van der Waals surface area (Å²) in [5.41, 5.74) is 0.646. The van der Waals surface area contributed by atoms with E-state index in [-0.39, 0.29) is 17.6 Å². The van der Waals surface area contributed by atoms with E-state index in [0.717, 1.165) is 25.9 Å². The van der Waals surface area contributed by atoms with Gasteiger partial charge in [0.2, 0.25) is 5.91 Å². The standard InChI is InChI=1S/C16H22ClFN2O2/c1-22-9-6-19-16(21)12-4-7-20(8-5-12)11-13-2-3-14(17)10-15(13)18/h2-3,10,12H,4-9,11H2,1H3,(H,19,21). The Kier molecular flexibility index (Phi) is 6.61. The SMILES string of the molecule is COCCNC(=O)C1CCN(Cc2ccc(Cl)cc2F)CC1. The van der Waals surface area contributed by atoms with E-state index in [0.29, 0.717) is 30.3 Å². The normalized spacial score (nSPS) is 16.7. The molecular weight excluding hydrogens is 307 g/mol. The summed E-state index contributed by atoms with van der Waals surface area (Å²) in [7, 11) is 1.61. The van der Waals surface area contributed by atoms with Crippen molar-refractivity contribution in [3.63, 3.8) is 0 Å². The number of piperidine rings is 1. The van der Waals surface area contributed by atoms with Crippen molar-refractivity contribution in [2.45, 2.75) is 19.4 Å². The van der Waals surface area contributed by atoms with Gasteiger partial charge in [0.1, 0.15) is 5.82 Å². The van der Waals surface area contributed by atoms with Crippen molar-refractivity contribution in [1.82, 2.24) is 10.2 Å². The van der Waals surface area contributed by atoms with Gasteiger partial charge in [-0.3, -0.25) is 9.69 Å². The molecule has 1 aliphatic rings. The number of nitrogens with one attached hydrogen (secondary N) is 1. The highest BCUT2D eigenvalue weighted by atomic mass is 35.5. The van der Waals surface area contributed by atoms with Crippen LogP contribution in [0.4, 0.5) is 4.39 Å². The first kappa shape index (κ1) is 17.2. The highest BCUT2D eigenvalue weighted by Gasteiger charge is 2.25. The number of hydrogen-bond donors (Lipinski definition) is 1. The maximum Gasteiger partial charge on any atom is 0.223 e. The summed E-state index contributed by atoms with van der Waals surface area (Å²) in [6, 6.07) is 4.77. The Bertz CT molecular complexity index is 505. The van der Waals surface area contributed by atoms with E-state index in [1.165, 1.54) is 6.07 Å². The smallest absolute Gasteiger partial charge is 0.223 e. The van der Waals surface area contributed by atoms with Crippen molar-refractivity contribution in [1.29, 1.82) is 0 Å². The third-order valence-corrected chi connectivity index (χ3v) is 4.21. The molecule has 122 valence electrons. The Balaban J connectivity index is 1.78. The van der Waals surface area contributed by atoms with Crippen LogP contribution in [0.2, 0.25) is 5.02 Å². The van der Waals surface area contributed by atoms with Gasteiger partial charge in [-0.2, -0.15) is 0 Å². The Morgan fingerprint density at radius 1 is 1.45 bits per heavy atom. The van der Waals surface area contributed by atoms with Gasteiger partial charge >= 0.3 is 0 Å². The number of nitrogens with zero attached hydrogens (tertiary/aromatic N) is 1. The van der Waals surface area contributed by atoms with Crippen molar-refractivity contribution < 1.29 is 13.9 Å². The molecule has 1 aromatic rings. The van der Waals surface area contributed by atoms with Crippen LogP contribution >= 0.6 is 11.6 Å². The van der Waals surface area contributed by atoms with Gasteiger partial charge in [0.05, 0.1) is 6.61 Å².